The lowest BCUT2D eigenvalue weighted by Gasteiger charge is -2.21. The van der Waals surface area contributed by atoms with Crippen LogP contribution in [0.3, 0.4) is 0 Å². The minimum Gasteiger partial charge on any atom is -0.477 e. The molecular formula is C24H21N5O. The van der Waals surface area contributed by atoms with Gasteiger partial charge in [0.15, 0.2) is 0 Å². The van der Waals surface area contributed by atoms with Crippen LogP contribution in [0.1, 0.15) is 28.8 Å². The maximum atomic E-state index is 9.47. The van der Waals surface area contributed by atoms with Crippen molar-refractivity contribution in [2.75, 3.05) is 11.9 Å². The molecule has 2 aromatic carbocycles. The van der Waals surface area contributed by atoms with E-state index >= 15 is 0 Å². The third-order valence-corrected chi connectivity index (χ3v) is 5.42. The first-order chi connectivity index (χ1) is 14.7. The summed E-state index contributed by atoms with van der Waals surface area (Å²) < 4.78 is 7.88. The number of aromatic nitrogens is 3. The van der Waals surface area contributed by atoms with Crippen LogP contribution in [0.2, 0.25) is 0 Å². The number of ether oxygens (including phenoxy) is 1. The number of nitrogens with zero attached hydrogens (tertiary/aromatic N) is 4. The predicted octanol–water partition coefficient (Wildman–Crippen LogP) is 4.54. The monoisotopic (exact) mass is 395 g/mol. The van der Waals surface area contributed by atoms with Gasteiger partial charge in [-0.3, -0.25) is 4.57 Å². The fourth-order valence-electron chi connectivity index (χ4n) is 3.97. The minimum absolute atomic E-state index is 0.550. The van der Waals surface area contributed by atoms with Crippen LogP contribution >= 0.6 is 0 Å². The number of hydrogen-bond donors (Lipinski definition) is 1. The lowest BCUT2D eigenvalue weighted by Crippen LogP contribution is -2.17. The van der Waals surface area contributed by atoms with E-state index in [1.54, 1.807) is 0 Å². The summed E-state index contributed by atoms with van der Waals surface area (Å²) in [6, 6.07) is 20.2. The number of nitrogens with one attached hydrogen (secondary N) is 1. The molecule has 0 radical (unpaired) electrons. The van der Waals surface area contributed by atoms with Gasteiger partial charge >= 0.3 is 0 Å². The van der Waals surface area contributed by atoms with E-state index in [1.165, 1.54) is 5.56 Å². The van der Waals surface area contributed by atoms with E-state index in [0.717, 1.165) is 40.8 Å². The summed E-state index contributed by atoms with van der Waals surface area (Å²) in [5.41, 5.74) is 4.73. The Morgan fingerprint density at radius 3 is 2.83 bits per heavy atom. The summed E-state index contributed by atoms with van der Waals surface area (Å²) in [6.07, 6.45) is 1.84. The Kier molecular flexibility index (Phi) is 4.56. The van der Waals surface area contributed by atoms with Gasteiger partial charge in [0, 0.05) is 17.6 Å². The molecule has 5 rings (SSSR count). The zero-order valence-corrected chi connectivity index (χ0v) is 16.7. The van der Waals surface area contributed by atoms with E-state index in [-0.39, 0.29) is 0 Å². The van der Waals surface area contributed by atoms with Gasteiger partial charge in [0.05, 0.1) is 29.3 Å². The van der Waals surface area contributed by atoms with E-state index in [4.69, 9.17) is 14.7 Å². The first-order valence-corrected chi connectivity index (χ1v) is 10.1. The van der Waals surface area contributed by atoms with E-state index in [2.05, 4.69) is 23.5 Å². The molecule has 3 heterocycles. The Bertz CT molecular complexity index is 1270. The summed E-state index contributed by atoms with van der Waals surface area (Å²) in [6.45, 7) is 3.33. The second-order valence-corrected chi connectivity index (χ2v) is 7.42. The van der Waals surface area contributed by atoms with Crippen LogP contribution in [0.25, 0.3) is 16.9 Å². The van der Waals surface area contributed by atoms with Gasteiger partial charge in [-0.25, -0.2) is 0 Å². The molecule has 0 saturated carbocycles. The Balaban J connectivity index is 1.62. The molecule has 6 heteroatoms. The van der Waals surface area contributed by atoms with Crippen LogP contribution in [0.5, 0.6) is 5.88 Å². The molecule has 148 valence electrons. The molecule has 1 aliphatic rings. The van der Waals surface area contributed by atoms with Crippen molar-refractivity contribution in [1.29, 1.82) is 5.26 Å². The standard InChI is InChI=1S/C24H21N5O/c1-16-13-20-18(14-25)9-5-11-21(20)29(16)24-27-22(19-10-6-12-30-23(19)28-24)26-15-17-7-3-2-4-8-17/h2-5,7-9,11,13H,6,10,12,15H2,1H3,(H,26,27,28). The second-order valence-electron chi connectivity index (χ2n) is 7.42. The maximum Gasteiger partial charge on any atom is 0.239 e. The lowest BCUT2D eigenvalue weighted by atomic mass is 10.1. The first-order valence-electron chi connectivity index (χ1n) is 10.1. The molecule has 0 amide bonds. The van der Waals surface area contributed by atoms with Gasteiger partial charge in [0.2, 0.25) is 11.8 Å². The zero-order valence-electron chi connectivity index (χ0n) is 16.7. The predicted molar refractivity (Wildman–Crippen MR) is 116 cm³/mol. The van der Waals surface area contributed by atoms with Gasteiger partial charge in [-0.2, -0.15) is 15.2 Å². The molecule has 0 aliphatic carbocycles. The van der Waals surface area contributed by atoms with E-state index in [9.17, 15) is 5.26 Å². The van der Waals surface area contributed by atoms with Crippen molar-refractivity contribution in [3.05, 3.63) is 77.0 Å². The molecule has 0 unspecified atom stereocenters. The van der Waals surface area contributed by atoms with E-state index in [0.29, 0.717) is 30.5 Å². The van der Waals surface area contributed by atoms with Crippen LogP contribution in [0.4, 0.5) is 5.82 Å². The number of anilines is 1. The highest BCUT2D eigenvalue weighted by Crippen LogP contribution is 2.32. The lowest BCUT2D eigenvalue weighted by molar-refractivity contribution is 0.275. The Hall–Kier alpha value is -3.85. The topological polar surface area (TPSA) is 75.8 Å². The Labute approximate surface area is 174 Å². The fourth-order valence-corrected chi connectivity index (χ4v) is 3.97. The SMILES string of the molecule is Cc1cc2c(C#N)cccc2n1-c1nc(NCc2ccccc2)c2c(n1)OCCC2. The van der Waals surface area contributed by atoms with Crippen LogP contribution < -0.4 is 10.1 Å². The van der Waals surface area contributed by atoms with Crippen molar-refractivity contribution >= 4 is 16.7 Å². The number of fused-ring (bicyclic) bond motifs is 2. The Morgan fingerprint density at radius 2 is 2.00 bits per heavy atom. The molecule has 0 bridgehead atoms. The van der Waals surface area contributed by atoms with E-state index < -0.39 is 0 Å². The maximum absolute atomic E-state index is 9.47. The number of benzene rings is 2. The third kappa shape index (κ3) is 3.15. The van der Waals surface area contributed by atoms with Crippen LogP contribution in [0.15, 0.2) is 54.6 Å². The van der Waals surface area contributed by atoms with Crippen molar-refractivity contribution in [1.82, 2.24) is 14.5 Å². The summed E-state index contributed by atoms with van der Waals surface area (Å²) in [5, 5.41) is 13.9. The largest absolute Gasteiger partial charge is 0.477 e. The number of nitriles is 1. The van der Waals surface area contributed by atoms with Crippen molar-refractivity contribution in [3.8, 4) is 17.9 Å². The Morgan fingerprint density at radius 1 is 1.13 bits per heavy atom. The molecule has 2 aromatic heterocycles. The van der Waals surface area contributed by atoms with Crippen molar-refractivity contribution in [2.24, 2.45) is 0 Å². The molecule has 0 atom stereocenters. The highest BCUT2D eigenvalue weighted by Gasteiger charge is 2.21. The average Bonchev–Trinajstić information content (AvgIpc) is 3.13. The first kappa shape index (κ1) is 18.2. The molecule has 4 aromatic rings. The van der Waals surface area contributed by atoms with Gasteiger partial charge < -0.3 is 10.1 Å². The molecule has 0 fully saturated rings. The number of aryl methyl sites for hydroxylation is 1. The summed E-state index contributed by atoms with van der Waals surface area (Å²) in [5.74, 6) is 1.99. The van der Waals surface area contributed by atoms with Crippen LogP contribution in [-0.4, -0.2) is 21.1 Å². The van der Waals surface area contributed by atoms with E-state index in [1.807, 2.05) is 54.0 Å². The molecular weight excluding hydrogens is 374 g/mol. The van der Waals surface area contributed by atoms with Gasteiger partial charge in [-0.1, -0.05) is 36.4 Å². The van der Waals surface area contributed by atoms with Gasteiger partial charge in [-0.15, -0.1) is 0 Å². The number of rotatable bonds is 4. The van der Waals surface area contributed by atoms with Gasteiger partial charge in [0.25, 0.3) is 0 Å². The van der Waals surface area contributed by atoms with Crippen molar-refractivity contribution in [3.63, 3.8) is 0 Å². The fraction of sp³-hybridized carbons (Fsp3) is 0.208. The van der Waals surface area contributed by atoms with Crippen molar-refractivity contribution in [2.45, 2.75) is 26.3 Å². The normalized spacial score (nSPS) is 12.8. The van der Waals surface area contributed by atoms with Gasteiger partial charge in [-0.05, 0) is 43.5 Å². The zero-order chi connectivity index (χ0) is 20.5. The third-order valence-electron chi connectivity index (χ3n) is 5.42. The molecule has 30 heavy (non-hydrogen) atoms. The minimum atomic E-state index is 0.550. The second kappa shape index (κ2) is 7.53. The molecule has 0 saturated heterocycles. The number of hydrogen-bond acceptors (Lipinski definition) is 5. The van der Waals surface area contributed by atoms with Crippen LogP contribution in [0, 0.1) is 18.3 Å². The summed E-state index contributed by atoms with van der Waals surface area (Å²) in [4.78, 5) is 9.63. The molecule has 0 spiro atoms. The van der Waals surface area contributed by atoms with Crippen molar-refractivity contribution < 1.29 is 4.74 Å². The van der Waals surface area contributed by atoms with Crippen LogP contribution in [-0.2, 0) is 13.0 Å². The summed E-state index contributed by atoms with van der Waals surface area (Å²) in [7, 11) is 0. The smallest absolute Gasteiger partial charge is 0.239 e. The summed E-state index contributed by atoms with van der Waals surface area (Å²) >= 11 is 0. The quantitative estimate of drug-likeness (QED) is 0.549. The molecule has 1 N–H and O–H groups in total. The van der Waals surface area contributed by atoms with Gasteiger partial charge in [0.1, 0.15) is 5.82 Å². The highest BCUT2D eigenvalue weighted by atomic mass is 16.5. The molecule has 6 nitrogen and oxygen atoms in total. The molecule has 1 aliphatic heterocycles. The average molecular weight is 395 g/mol. The highest BCUT2D eigenvalue weighted by molar-refractivity contribution is 5.88.